The molecular formula is C10H15N3O4. The molecule has 0 aliphatic carbocycles. The first kappa shape index (κ1) is 13.3. The van der Waals surface area contributed by atoms with Gasteiger partial charge in [-0.05, 0) is 6.42 Å². The molecule has 1 saturated heterocycles. The number of rotatable bonds is 3. The quantitative estimate of drug-likeness (QED) is 0.711. The fraction of sp³-hybridized carbons (Fsp3) is 0.700. The number of carboxylic acids is 1. The number of hydrogen-bond acceptors (Lipinski definition) is 4. The summed E-state index contributed by atoms with van der Waals surface area (Å²) < 4.78 is 5.09. The van der Waals surface area contributed by atoms with Gasteiger partial charge in [-0.1, -0.05) is 6.92 Å². The minimum absolute atomic E-state index is 0.165. The lowest BCUT2D eigenvalue weighted by Crippen LogP contribution is -2.53. The Bertz CT molecular complexity index is 339. The standard InChI is InChI=1S/C10H15N3O4/c1-2-8(9(14)15)12-10(16)13-3-4-17-7(5-11)6-13/h7-8H,2-4,6H2,1H3,(H,12,16)(H,14,15)/t7?,8-/m1/s1. The van der Waals surface area contributed by atoms with Gasteiger partial charge in [0, 0.05) is 6.54 Å². The molecule has 7 nitrogen and oxygen atoms in total. The molecule has 7 heteroatoms. The van der Waals surface area contributed by atoms with Crippen LogP contribution in [-0.4, -0.2) is 53.8 Å². The van der Waals surface area contributed by atoms with Crippen LogP contribution >= 0.6 is 0 Å². The van der Waals surface area contributed by atoms with Gasteiger partial charge in [-0.3, -0.25) is 0 Å². The summed E-state index contributed by atoms with van der Waals surface area (Å²) in [6.45, 7) is 2.49. The van der Waals surface area contributed by atoms with E-state index in [9.17, 15) is 9.59 Å². The predicted octanol–water partition coefficient (Wildman–Crippen LogP) is -0.216. The molecule has 1 aliphatic heterocycles. The predicted molar refractivity (Wildman–Crippen MR) is 57.2 cm³/mol. The van der Waals surface area contributed by atoms with Crippen molar-refractivity contribution in [3.05, 3.63) is 0 Å². The van der Waals surface area contributed by atoms with Crippen molar-refractivity contribution in [1.82, 2.24) is 10.2 Å². The molecule has 0 radical (unpaired) electrons. The molecule has 17 heavy (non-hydrogen) atoms. The van der Waals surface area contributed by atoms with Crippen LogP contribution in [0.25, 0.3) is 0 Å². The number of hydrogen-bond donors (Lipinski definition) is 2. The molecule has 1 fully saturated rings. The van der Waals surface area contributed by atoms with Crippen molar-refractivity contribution in [1.29, 1.82) is 5.26 Å². The minimum atomic E-state index is -1.06. The zero-order valence-corrected chi connectivity index (χ0v) is 9.55. The molecule has 1 aliphatic rings. The monoisotopic (exact) mass is 241 g/mol. The van der Waals surface area contributed by atoms with Gasteiger partial charge < -0.3 is 20.1 Å². The Labute approximate surface area is 99.0 Å². The number of ether oxygens (including phenoxy) is 1. The van der Waals surface area contributed by atoms with Crippen LogP contribution in [0.3, 0.4) is 0 Å². The van der Waals surface area contributed by atoms with Gasteiger partial charge in [0.1, 0.15) is 6.04 Å². The number of carboxylic acid groups (broad SMARTS) is 1. The van der Waals surface area contributed by atoms with Crippen molar-refractivity contribution in [2.45, 2.75) is 25.5 Å². The summed E-state index contributed by atoms with van der Waals surface area (Å²) in [7, 11) is 0. The second kappa shape index (κ2) is 6.06. The number of carbonyl (C=O) groups is 2. The lowest BCUT2D eigenvalue weighted by molar-refractivity contribution is -0.139. The van der Waals surface area contributed by atoms with E-state index in [4.69, 9.17) is 15.1 Å². The molecule has 2 amide bonds. The Balaban J connectivity index is 2.52. The number of aliphatic carboxylic acids is 1. The molecule has 0 aromatic heterocycles. The zero-order valence-electron chi connectivity index (χ0n) is 9.55. The van der Waals surface area contributed by atoms with Gasteiger partial charge in [-0.25, -0.2) is 9.59 Å². The Hall–Kier alpha value is -1.81. The first-order valence-electron chi connectivity index (χ1n) is 5.38. The van der Waals surface area contributed by atoms with Gasteiger partial charge in [0.15, 0.2) is 6.10 Å². The average molecular weight is 241 g/mol. The molecule has 0 aromatic rings. The third-order valence-electron chi connectivity index (χ3n) is 2.50. The van der Waals surface area contributed by atoms with E-state index in [0.29, 0.717) is 13.0 Å². The van der Waals surface area contributed by atoms with Gasteiger partial charge in [0.25, 0.3) is 0 Å². The van der Waals surface area contributed by atoms with E-state index in [0.717, 1.165) is 0 Å². The van der Waals surface area contributed by atoms with Gasteiger partial charge in [-0.15, -0.1) is 0 Å². The fourth-order valence-electron chi connectivity index (χ4n) is 1.49. The SMILES string of the molecule is CC[C@@H](NC(=O)N1CCOC(C#N)C1)C(=O)O. The topological polar surface area (TPSA) is 103 Å². The van der Waals surface area contributed by atoms with Crippen LogP contribution in [0.5, 0.6) is 0 Å². The molecule has 2 atom stereocenters. The zero-order chi connectivity index (χ0) is 12.8. The highest BCUT2D eigenvalue weighted by Crippen LogP contribution is 2.05. The second-order valence-corrected chi connectivity index (χ2v) is 3.68. The summed E-state index contributed by atoms with van der Waals surface area (Å²) in [6, 6.07) is 0.552. The molecule has 0 saturated carbocycles. The molecule has 2 N–H and O–H groups in total. The number of carbonyl (C=O) groups excluding carboxylic acids is 1. The highest BCUT2D eigenvalue weighted by Gasteiger charge is 2.26. The van der Waals surface area contributed by atoms with Crippen LogP contribution in [0.15, 0.2) is 0 Å². The first-order valence-corrected chi connectivity index (χ1v) is 5.38. The number of nitrogens with zero attached hydrogens (tertiary/aromatic N) is 2. The van der Waals surface area contributed by atoms with Gasteiger partial charge in [0.05, 0.1) is 19.2 Å². The number of urea groups is 1. The van der Waals surface area contributed by atoms with E-state index >= 15 is 0 Å². The van der Waals surface area contributed by atoms with E-state index in [1.54, 1.807) is 6.92 Å². The highest BCUT2D eigenvalue weighted by atomic mass is 16.5. The minimum Gasteiger partial charge on any atom is -0.480 e. The highest BCUT2D eigenvalue weighted by molar-refractivity contribution is 5.82. The molecule has 0 spiro atoms. The van der Waals surface area contributed by atoms with E-state index in [2.05, 4.69) is 5.32 Å². The summed E-state index contributed by atoms with van der Waals surface area (Å²) in [6.07, 6.45) is -0.327. The van der Waals surface area contributed by atoms with Crippen molar-refractivity contribution in [2.24, 2.45) is 0 Å². The smallest absolute Gasteiger partial charge is 0.326 e. The van der Waals surface area contributed by atoms with E-state index in [-0.39, 0.29) is 13.2 Å². The summed E-state index contributed by atoms with van der Waals surface area (Å²) in [5.41, 5.74) is 0. The maximum Gasteiger partial charge on any atom is 0.326 e. The molecule has 0 aromatic carbocycles. The summed E-state index contributed by atoms with van der Waals surface area (Å²) >= 11 is 0. The van der Waals surface area contributed by atoms with Crippen molar-refractivity contribution in [2.75, 3.05) is 19.7 Å². The number of nitrogens with one attached hydrogen (secondary N) is 1. The Morgan fingerprint density at radius 1 is 1.71 bits per heavy atom. The Morgan fingerprint density at radius 3 is 2.94 bits per heavy atom. The largest absolute Gasteiger partial charge is 0.480 e. The number of amides is 2. The van der Waals surface area contributed by atoms with E-state index in [1.807, 2.05) is 6.07 Å². The third-order valence-corrected chi connectivity index (χ3v) is 2.50. The van der Waals surface area contributed by atoms with Gasteiger partial charge >= 0.3 is 12.0 Å². The van der Waals surface area contributed by atoms with Crippen molar-refractivity contribution >= 4 is 12.0 Å². The van der Waals surface area contributed by atoms with Crippen LogP contribution in [-0.2, 0) is 9.53 Å². The van der Waals surface area contributed by atoms with Crippen LogP contribution in [0, 0.1) is 11.3 Å². The van der Waals surface area contributed by atoms with Crippen LogP contribution in [0.2, 0.25) is 0 Å². The molecule has 1 heterocycles. The van der Waals surface area contributed by atoms with Crippen molar-refractivity contribution in [3.63, 3.8) is 0 Å². The van der Waals surface area contributed by atoms with Gasteiger partial charge in [0.2, 0.25) is 0 Å². The van der Waals surface area contributed by atoms with Crippen LogP contribution in [0.1, 0.15) is 13.3 Å². The van der Waals surface area contributed by atoms with E-state index in [1.165, 1.54) is 4.90 Å². The van der Waals surface area contributed by atoms with Gasteiger partial charge in [-0.2, -0.15) is 5.26 Å². The summed E-state index contributed by atoms with van der Waals surface area (Å²) in [5, 5.41) is 19.9. The number of nitriles is 1. The maximum absolute atomic E-state index is 11.7. The van der Waals surface area contributed by atoms with Crippen LogP contribution < -0.4 is 5.32 Å². The summed E-state index contributed by atoms with van der Waals surface area (Å²) in [4.78, 5) is 23.9. The lowest BCUT2D eigenvalue weighted by atomic mass is 10.2. The Morgan fingerprint density at radius 2 is 2.41 bits per heavy atom. The van der Waals surface area contributed by atoms with Crippen molar-refractivity contribution in [3.8, 4) is 6.07 Å². The normalized spacial score (nSPS) is 21.4. The number of morpholine rings is 1. The van der Waals surface area contributed by atoms with Crippen molar-refractivity contribution < 1.29 is 19.4 Å². The Kier molecular flexibility index (Phi) is 4.72. The molecule has 0 bridgehead atoms. The third kappa shape index (κ3) is 3.60. The molecule has 94 valence electrons. The van der Waals surface area contributed by atoms with Crippen LogP contribution in [0.4, 0.5) is 4.79 Å². The summed E-state index contributed by atoms with van der Waals surface area (Å²) in [5.74, 6) is -1.06. The average Bonchev–Trinajstić information content (AvgIpc) is 2.35. The van der Waals surface area contributed by atoms with E-state index < -0.39 is 24.1 Å². The fourth-order valence-corrected chi connectivity index (χ4v) is 1.49. The molecule has 1 rings (SSSR count). The second-order valence-electron chi connectivity index (χ2n) is 3.68. The first-order chi connectivity index (χ1) is 8.08. The lowest BCUT2D eigenvalue weighted by Gasteiger charge is -2.30. The maximum atomic E-state index is 11.7. The molecular weight excluding hydrogens is 226 g/mol. The molecule has 1 unspecified atom stereocenters.